The first-order chi connectivity index (χ1) is 6.02. The van der Waals surface area contributed by atoms with E-state index in [-0.39, 0.29) is 18.7 Å². The van der Waals surface area contributed by atoms with Gasteiger partial charge in [0.05, 0.1) is 27.2 Å². The standard InChI is InChI=1S/C8H16N2O3/c1-10(2)6-5-9-7(11)3-4-8(12)13/h3-6H2,1-2H3,(H,9,11)(H,12,13). The summed E-state index contributed by atoms with van der Waals surface area (Å²) in [4.78, 5) is 22.1. The van der Waals surface area contributed by atoms with Crippen molar-refractivity contribution in [3.63, 3.8) is 0 Å². The van der Waals surface area contributed by atoms with Gasteiger partial charge in [0, 0.05) is 12.4 Å². The van der Waals surface area contributed by atoms with Crippen LogP contribution >= 0.6 is 0 Å². The zero-order chi connectivity index (χ0) is 10.3. The average molecular weight is 188 g/mol. The molecular weight excluding hydrogens is 172 g/mol. The maximum Gasteiger partial charge on any atom is 0.220 e. The summed E-state index contributed by atoms with van der Waals surface area (Å²) in [7, 11) is 3.96. The number of carbonyl (C=O) groups excluding carboxylic acids is 2. The molecule has 0 saturated carbocycles. The lowest BCUT2D eigenvalue weighted by Crippen LogP contribution is -3.06. The molecular formula is C8H16N2O3. The lowest BCUT2D eigenvalue weighted by Gasteiger charge is -2.08. The molecule has 0 spiro atoms. The van der Waals surface area contributed by atoms with Crippen LogP contribution in [0.3, 0.4) is 0 Å². The van der Waals surface area contributed by atoms with E-state index in [1.165, 1.54) is 4.90 Å². The van der Waals surface area contributed by atoms with Gasteiger partial charge in [-0.1, -0.05) is 0 Å². The lowest BCUT2D eigenvalue weighted by atomic mass is 10.3. The predicted molar refractivity (Wildman–Crippen MR) is 44.9 cm³/mol. The van der Waals surface area contributed by atoms with Crippen molar-refractivity contribution in [1.29, 1.82) is 0 Å². The maximum atomic E-state index is 10.9. The average Bonchev–Trinajstić information content (AvgIpc) is 2.00. The molecule has 0 unspecified atom stereocenters. The highest BCUT2D eigenvalue weighted by Crippen LogP contribution is 1.85. The zero-order valence-electron chi connectivity index (χ0n) is 8.05. The molecule has 5 nitrogen and oxygen atoms in total. The summed E-state index contributed by atoms with van der Waals surface area (Å²) in [5, 5.41) is 12.6. The number of carboxylic acids is 1. The fourth-order valence-corrected chi connectivity index (χ4v) is 0.756. The van der Waals surface area contributed by atoms with Crippen molar-refractivity contribution in [2.45, 2.75) is 12.8 Å². The summed E-state index contributed by atoms with van der Waals surface area (Å²) in [5.41, 5.74) is 0. The Kier molecular flexibility index (Phi) is 5.88. The van der Waals surface area contributed by atoms with Crippen molar-refractivity contribution < 1.29 is 19.6 Å². The Balaban J connectivity index is 3.36. The maximum absolute atomic E-state index is 10.9. The van der Waals surface area contributed by atoms with Gasteiger partial charge in [0.1, 0.15) is 0 Å². The normalized spacial score (nSPS) is 10.1. The number of aliphatic carboxylic acids is 1. The van der Waals surface area contributed by atoms with Gasteiger partial charge in [-0.25, -0.2) is 0 Å². The number of carboxylic acid groups (broad SMARTS) is 1. The first kappa shape index (κ1) is 11.9. The zero-order valence-corrected chi connectivity index (χ0v) is 8.05. The van der Waals surface area contributed by atoms with Crippen molar-refractivity contribution >= 4 is 11.9 Å². The van der Waals surface area contributed by atoms with E-state index >= 15 is 0 Å². The third-order valence-electron chi connectivity index (χ3n) is 1.50. The molecule has 0 rings (SSSR count). The second-order valence-electron chi connectivity index (χ2n) is 3.18. The summed E-state index contributed by atoms with van der Waals surface area (Å²) in [5.74, 6) is -1.42. The Labute approximate surface area is 77.7 Å². The van der Waals surface area contributed by atoms with E-state index in [1.807, 2.05) is 14.1 Å². The Morgan fingerprint density at radius 3 is 2.38 bits per heavy atom. The van der Waals surface area contributed by atoms with Crippen LogP contribution in [0.25, 0.3) is 0 Å². The summed E-state index contributed by atoms with van der Waals surface area (Å²) < 4.78 is 0. The van der Waals surface area contributed by atoms with Crippen LogP contribution < -0.4 is 15.3 Å². The third kappa shape index (κ3) is 8.81. The van der Waals surface area contributed by atoms with Gasteiger partial charge in [-0.05, 0) is 6.42 Å². The van der Waals surface area contributed by atoms with E-state index in [0.717, 1.165) is 6.54 Å². The molecule has 0 fully saturated rings. The number of nitrogens with one attached hydrogen (secondary N) is 2. The van der Waals surface area contributed by atoms with E-state index in [0.29, 0.717) is 6.54 Å². The molecule has 0 bridgehead atoms. The number of carbonyl (C=O) groups is 2. The molecule has 0 aliphatic rings. The van der Waals surface area contributed by atoms with Gasteiger partial charge in [0.2, 0.25) is 5.91 Å². The molecule has 2 N–H and O–H groups in total. The molecule has 0 aromatic rings. The first-order valence-electron chi connectivity index (χ1n) is 4.28. The Morgan fingerprint density at radius 2 is 1.92 bits per heavy atom. The van der Waals surface area contributed by atoms with Crippen molar-refractivity contribution in [1.82, 2.24) is 5.32 Å². The van der Waals surface area contributed by atoms with E-state index in [4.69, 9.17) is 0 Å². The van der Waals surface area contributed by atoms with E-state index in [1.54, 1.807) is 0 Å². The third-order valence-corrected chi connectivity index (χ3v) is 1.50. The van der Waals surface area contributed by atoms with Crippen LogP contribution in [0.2, 0.25) is 0 Å². The number of amides is 1. The minimum absolute atomic E-state index is 0.00505. The van der Waals surface area contributed by atoms with Crippen molar-refractivity contribution in [2.24, 2.45) is 0 Å². The molecule has 0 saturated heterocycles. The van der Waals surface area contributed by atoms with Gasteiger partial charge in [-0.2, -0.15) is 0 Å². The van der Waals surface area contributed by atoms with Gasteiger partial charge < -0.3 is 20.1 Å². The highest BCUT2D eigenvalue weighted by atomic mass is 16.4. The molecule has 13 heavy (non-hydrogen) atoms. The molecule has 1 amide bonds. The van der Waals surface area contributed by atoms with Crippen LogP contribution in [0.15, 0.2) is 0 Å². The van der Waals surface area contributed by atoms with Crippen molar-refractivity contribution in [2.75, 3.05) is 27.2 Å². The quantitative estimate of drug-likeness (QED) is 0.460. The van der Waals surface area contributed by atoms with E-state index < -0.39 is 5.97 Å². The van der Waals surface area contributed by atoms with Crippen LogP contribution in [0.1, 0.15) is 12.8 Å². The molecule has 0 aliphatic carbocycles. The summed E-state index contributed by atoms with van der Waals surface area (Å²) in [6.07, 6.45) is -0.203. The van der Waals surface area contributed by atoms with Crippen LogP contribution in [-0.2, 0) is 9.59 Å². The van der Waals surface area contributed by atoms with E-state index in [2.05, 4.69) is 5.32 Å². The van der Waals surface area contributed by atoms with Crippen molar-refractivity contribution in [3.8, 4) is 0 Å². The van der Waals surface area contributed by atoms with Crippen LogP contribution in [-0.4, -0.2) is 39.1 Å². The molecule has 5 heteroatoms. The highest BCUT2D eigenvalue weighted by molar-refractivity contribution is 5.79. The number of hydrogen-bond donors (Lipinski definition) is 2. The lowest BCUT2D eigenvalue weighted by molar-refractivity contribution is -0.856. The van der Waals surface area contributed by atoms with E-state index in [9.17, 15) is 14.7 Å². The van der Waals surface area contributed by atoms with Gasteiger partial charge in [-0.3, -0.25) is 4.79 Å². The summed E-state index contributed by atoms with van der Waals surface area (Å²) in [6.45, 7) is 1.41. The van der Waals surface area contributed by atoms with Crippen LogP contribution in [0, 0.1) is 0 Å². The fraction of sp³-hybridized carbons (Fsp3) is 0.750. The van der Waals surface area contributed by atoms with Gasteiger partial charge in [-0.15, -0.1) is 0 Å². The topological polar surface area (TPSA) is 73.7 Å². The van der Waals surface area contributed by atoms with Crippen molar-refractivity contribution in [3.05, 3.63) is 0 Å². The Hall–Kier alpha value is -1.10. The first-order valence-corrected chi connectivity index (χ1v) is 4.28. The second kappa shape index (κ2) is 6.42. The monoisotopic (exact) mass is 188 g/mol. The highest BCUT2D eigenvalue weighted by Gasteiger charge is 2.01. The smallest absolute Gasteiger partial charge is 0.220 e. The van der Waals surface area contributed by atoms with Crippen LogP contribution in [0.4, 0.5) is 0 Å². The number of hydrogen-bond acceptors (Lipinski definition) is 3. The summed E-state index contributed by atoms with van der Waals surface area (Å²) >= 11 is 0. The Bertz CT molecular complexity index is 180. The van der Waals surface area contributed by atoms with Gasteiger partial charge in [0.25, 0.3) is 0 Å². The second-order valence-corrected chi connectivity index (χ2v) is 3.18. The number of likely N-dealkylation sites (N-methyl/N-ethyl adjacent to an activating group) is 1. The molecule has 0 aliphatic heterocycles. The minimum Gasteiger partial charge on any atom is -0.550 e. The Morgan fingerprint density at radius 1 is 1.31 bits per heavy atom. The van der Waals surface area contributed by atoms with Crippen LogP contribution in [0.5, 0.6) is 0 Å². The largest absolute Gasteiger partial charge is 0.550 e. The van der Waals surface area contributed by atoms with Gasteiger partial charge >= 0.3 is 0 Å². The summed E-state index contributed by atoms with van der Waals surface area (Å²) in [6, 6.07) is 0. The molecule has 76 valence electrons. The number of quaternary nitrogens is 1. The SMILES string of the molecule is C[NH+](C)CCNC(=O)CCC(=O)[O-]. The number of rotatable bonds is 6. The molecule has 0 atom stereocenters. The molecule has 0 radical (unpaired) electrons. The fourth-order valence-electron chi connectivity index (χ4n) is 0.756. The molecule has 0 aromatic heterocycles. The van der Waals surface area contributed by atoms with Gasteiger partial charge in [0.15, 0.2) is 0 Å². The predicted octanol–water partition coefficient (Wildman–Crippen LogP) is -3.22. The molecule has 0 aromatic carbocycles. The molecule has 0 heterocycles. The minimum atomic E-state index is -1.19.